The summed E-state index contributed by atoms with van der Waals surface area (Å²) in [5.41, 5.74) is 2.24. The molecule has 10 nitrogen and oxygen atoms in total. The van der Waals surface area contributed by atoms with Gasteiger partial charge in [0.25, 0.3) is 0 Å². The molecule has 3 aromatic rings. The van der Waals surface area contributed by atoms with Crippen LogP contribution in [0.2, 0.25) is 0 Å². The Balaban J connectivity index is 1.57. The highest BCUT2D eigenvalue weighted by molar-refractivity contribution is 6.07. The zero-order chi connectivity index (χ0) is 25.5. The second kappa shape index (κ2) is 8.90. The van der Waals surface area contributed by atoms with E-state index in [1.54, 1.807) is 39.3 Å². The summed E-state index contributed by atoms with van der Waals surface area (Å²) in [4.78, 5) is 33.1. The van der Waals surface area contributed by atoms with Crippen molar-refractivity contribution in [1.29, 1.82) is 0 Å². The predicted molar refractivity (Wildman–Crippen MR) is 133 cm³/mol. The summed E-state index contributed by atoms with van der Waals surface area (Å²) in [5, 5.41) is 11.8. The molecule has 2 aromatic heterocycles. The number of carbonyl (C=O) groups is 2. The monoisotopic (exact) mass is 481 g/mol. The average Bonchev–Trinajstić information content (AvgIpc) is 3.27. The fourth-order valence-electron chi connectivity index (χ4n) is 3.76. The van der Waals surface area contributed by atoms with Crippen LogP contribution in [-0.2, 0) is 12.0 Å². The molecule has 0 atom stereocenters. The highest BCUT2D eigenvalue weighted by atomic mass is 19.1. The van der Waals surface area contributed by atoms with Gasteiger partial charge in [-0.2, -0.15) is 0 Å². The van der Waals surface area contributed by atoms with Crippen LogP contribution in [-0.4, -0.2) is 36.3 Å². The van der Waals surface area contributed by atoms with Crippen LogP contribution in [0.5, 0.6) is 0 Å². The molecule has 3 heterocycles. The molecule has 0 radical (unpaired) electrons. The van der Waals surface area contributed by atoms with Gasteiger partial charge in [0, 0.05) is 43.4 Å². The molecule has 11 heteroatoms. The van der Waals surface area contributed by atoms with E-state index >= 15 is 0 Å². The van der Waals surface area contributed by atoms with Crippen molar-refractivity contribution in [1.82, 2.24) is 10.1 Å². The van der Waals surface area contributed by atoms with Crippen LogP contribution in [0.1, 0.15) is 37.7 Å². The quantitative estimate of drug-likeness (QED) is 0.479. The van der Waals surface area contributed by atoms with Gasteiger partial charge in [0.05, 0.1) is 23.6 Å². The first-order valence-electron chi connectivity index (χ1n) is 11.0. The second-order valence-corrected chi connectivity index (χ2v) is 9.40. The lowest BCUT2D eigenvalue weighted by Gasteiger charge is -2.35. The molecule has 184 valence electrons. The summed E-state index contributed by atoms with van der Waals surface area (Å²) >= 11 is 0. The zero-order valence-corrected chi connectivity index (χ0v) is 20.5. The lowest BCUT2D eigenvalue weighted by atomic mass is 9.93. The Bertz CT molecular complexity index is 1300. The maximum Gasteiger partial charge on any atom is 0.329 e. The highest BCUT2D eigenvalue weighted by Gasteiger charge is 2.31. The Kier molecular flexibility index (Phi) is 6.10. The number of fused-ring (bicyclic) bond motifs is 1. The number of hydrogen-bond acceptors (Lipinski definition) is 6. The Labute approximate surface area is 202 Å². The normalized spacial score (nSPS) is 13.5. The van der Waals surface area contributed by atoms with Crippen molar-refractivity contribution < 1.29 is 18.5 Å². The molecule has 1 aliphatic rings. The van der Waals surface area contributed by atoms with E-state index in [1.165, 1.54) is 21.9 Å². The number of amides is 4. The largest absolute Gasteiger partial charge is 0.373 e. The summed E-state index contributed by atoms with van der Waals surface area (Å²) < 4.78 is 20.0. The van der Waals surface area contributed by atoms with E-state index in [0.717, 1.165) is 11.3 Å². The number of halogens is 1. The molecule has 0 aliphatic carbocycles. The van der Waals surface area contributed by atoms with Crippen LogP contribution in [0.15, 0.2) is 35.0 Å². The van der Waals surface area contributed by atoms with E-state index in [1.807, 2.05) is 20.8 Å². The van der Waals surface area contributed by atoms with E-state index in [4.69, 9.17) is 4.52 Å². The predicted octanol–water partition coefficient (Wildman–Crippen LogP) is 5.08. The number of aryl methyl sites for hydroxylation is 1. The van der Waals surface area contributed by atoms with Gasteiger partial charge in [-0.1, -0.05) is 25.9 Å². The Morgan fingerprint density at radius 1 is 1.11 bits per heavy atom. The summed E-state index contributed by atoms with van der Waals surface area (Å²) in [5.74, 6) is 0.823. The van der Waals surface area contributed by atoms with Crippen molar-refractivity contribution in [2.75, 3.05) is 39.8 Å². The van der Waals surface area contributed by atoms with Gasteiger partial charge in [0.2, 0.25) is 0 Å². The van der Waals surface area contributed by atoms with Crippen molar-refractivity contribution in [2.45, 2.75) is 39.7 Å². The third-order valence-electron chi connectivity index (χ3n) is 5.74. The minimum atomic E-state index is -0.691. The van der Waals surface area contributed by atoms with Gasteiger partial charge in [-0.3, -0.25) is 15.1 Å². The van der Waals surface area contributed by atoms with Crippen molar-refractivity contribution in [3.63, 3.8) is 0 Å². The number of urea groups is 2. The van der Waals surface area contributed by atoms with Crippen LogP contribution in [0.3, 0.4) is 0 Å². The van der Waals surface area contributed by atoms with Gasteiger partial charge in [-0.05, 0) is 24.6 Å². The standard InChI is InChI=1S/C24H28FN7O3/c1-13-7-15(25)16(28-22(33)29-21-10-19(35-30-21)24(2,3)4)8-17(13)32-12-14-11-27-20(26-5)9-18(14)31(6)23(32)34/h7-11H,12H2,1-6H3,(H,26,27)(H2,28,29,30,33). The van der Waals surface area contributed by atoms with Gasteiger partial charge in [-0.25, -0.2) is 19.0 Å². The Hall–Kier alpha value is -4.15. The molecule has 0 bridgehead atoms. The van der Waals surface area contributed by atoms with E-state index in [-0.39, 0.29) is 29.5 Å². The molecule has 4 rings (SSSR count). The number of nitrogens with zero attached hydrogens (tertiary/aromatic N) is 4. The average molecular weight is 482 g/mol. The molecule has 0 saturated heterocycles. The van der Waals surface area contributed by atoms with Crippen molar-refractivity contribution in [3.8, 4) is 0 Å². The molecule has 1 aromatic carbocycles. The first-order chi connectivity index (χ1) is 16.5. The number of nitrogens with one attached hydrogen (secondary N) is 3. The van der Waals surface area contributed by atoms with E-state index < -0.39 is 11.8 Å². The first-order valence-corrected chi connectivity index (χ1v) is 11.0. The number of benzene rings is 1. The highest BCUT2D eigenvalue weighted by Crippen LogP contribution is 2.35. The summed E-state index contributed by atoms with van der Waals surface area (Å²) in [7, 11) is 3.42. The third kappa shape index (κ3) is 4.75. The van der Waals surface area contributed by atoms with E-state index in [2.05, 4.69) is 26.1 Å². The summed E-state index contributed by atoms with van der Waals surface area (Å²) in [6.07, 6.45) is 1.70. The molecule has 0 fully saturated rings. The molecule has 35 heavy (non-hydrogen) atoms. The van der Waals surface area contributed by atoms with Gasteiger partial charge in [0.15, 0.2) is 5.82 Å². The second-order valence-electron chi connectivity index (χ2n) is 9.40. The van der Waals surface area contributed by atoms with Gasteiger partial charge in [-0.15, -0.1) is 0 Å². The minimum Gasteiger partial charge on any atom is -0.373 e. The van der Waals surface area contributed by atoms with Gasteiger partial charge in [0.1, 0.15) is 17.4 Å². The fraction of sp³-hybridized carbons (Fsp3) is 0.333. The molecular weight excluding hydrogens is 453 g/mol. The molecule has 1 aliphatic heterocycles. The zero-order valence-electron chi connectivity index (χ0n) is 20.5. The molecule has 3 N–H and O–H groups in total. The van der Waals surface area contributed by atoms with Crippen LogP contribution < -0.4 is 25.8 Å². The number of hydrogen-bond donors (Lipinski definition) is 3. The lowest BCUT2D eigenvalue weighted by molar-refractivity contribution is 0.251. The minimum absolute atomic E-state index is 0.0763. The summed E-state index contributed by atoms with van der Waals surface area (Å²) in [6.45, 7) is 7.81. The Morgan fingerprint density at radius 2 is 1.86 bits per heavy atom. The van der Waals surface area contributed by atoms with Crippen molar-refractivity contribution >= 4 is 40.8 Å². The maximum absolute atomic E-state index is 14.7. The van der Waals surface area contributed by atoms with Crippen LogP contribution in [0.25, 0.3) is 0 Å². The molecule has 4 amide bonds. The van der Waals surface area contributed by atoms with Gasteiger partial charge >= 0.3 is 12.1 Å². The number of carbonyl (C=O) groups excluding carboxylic acids is 2. The smallest absolute Gasteiger partial charge is 0.329 e. The molecule has 0 spiro atoms. The number of pyridine rings is 1. The molecule has 0 saturated carbocycles. The lowest BCUT2D eigenvalue weighted by Crippen LogP contribution is -2.45. The molecule has 0 unspecified atom stereocenters. The third-order valence-corrected chi connectivity index (χ3v) is 5.74. The first kappa shape index (κ1) is 24.0. The van der Waals surface area contributed by atoms with E-state index in [0.29, 0.717) is 22.8 Å². The topological polar surface area (TPSA) is 116 Å². The SMILES string of the molecule is CNc1cc2c(cn1)CN(c1cc(NC(=O)Nc3cc(C(C)(C)C)on3)c(F)cc1C)C(=O)N2C. The van der Waals surface area contributed by atoms with Gasteiger partial charge < -0.3 is 15.2 Å². The number of anilines is 5. The summed E-state index contributed by atoms with van der Waals surface area (Å²) in [6, 6.07) is 5.17. The van der Waals surface area contributed by atoms with Crippen molar-refractivity contribution in [2.24, 2.45) is 0 Å². The Morgan fingerprint density at radius 3 is 2.51 bits per heavy atom. The van der Waals surface area contributed by atoms with Crippen molar-refractivity contribution in [3.05, 3.63) is 53.2 Å². The number of rotatable bonds is 4. The van der Waals surface area contributed by atoms with E-state index in [9.17, 15) is 14.0 Å². The van der Waals surface area contributed by atoms with Crippen LogP contribution in [0, 0.1) is 12.7 Å². The fourth-order valence-corrected chi connectivity index (χ4v) is 3.76. The molecular formula is C24H28FN7O3. The van der Waals surface area contributed by atoms with Crippen LogP contribution in [0.4, 0.5) is 42.7 Å². The maximum atomic E-state index is 14.7. The number of aromatic nitrogens is 2. The van der Waals surface area contributed by atoms with Crippen LogP contribution >= 0.6 is 0 Å².